The SMILES string of the molecule is Cc1cc(C(=O)CN2CCN(S(=O)(=O)c3cccs3)CC2)c(C)n1CC1CCCO1. The van der Waals surface area contributed by atoms with Crippen molar-refractivity contribution in [1.29, 1.82) is 0 Å². The van der Waals surface area contributed by atoms with E-state index in [9.17, 15) is 13.2 Å². The highest BCUT2D eigenvalue weighted by Crippen LogP contribution is 2.23. The van der Waals surface area contributed by atoms with Gasteiger partial charge in [-0.15, -0.1) is 11.3 Å². The average molecular weight is 452 g/mol. The van der Waals surface area contributed by atoms with Gasteiger partial charge in [0.2, 0.25) is 0 Å². The van der Waals surface area contributed by atoms with Gasteiger partial charge in [0, 0.05) is 56.3 Å². The molecular formula is C21H29N3O4S2. The Bertz CT molecular complexity index is 984. The number of rotatable bonds is 7. The number of thiophene rings is 1. The lowest BCUT2D eigenvalue weighted by Gasteiger charge is -2.33. The van der Waals surface area contributed by atoms with Crippen molar-refractivity contribution >= 4 is 27.1 Å². The van der Waals surface area contributed by atoms with E-state index in [1.807, 2.05) is 19.9 Å². The topological polar surface area (TPSA) is 71.9 Å². The highest BCUT2D eigenvalue weighted by molar-refractivity contribution is 7.91. The number of piperazine rings is 1. The molecule has 4 rings (SSSR count). The fraction of sp³-hybridized carbons (Fsp3) is 0.571. The molecule has 2 fully saturated rings. The lowest BCUT2D eigenvalue weighted by atomic mass is 10.1. The molecular weight excluding hydrogens is 422 g/mol. The van der Waals surface area contributed by atoms with Gasteiger partial charge in [-0.25, -0.2) is 8.42 Å². The molecule has 0 aromatic carbocycles. The second kappa shape index (κ2) is 8.92. The number of hydrogen-bond acceptors (Lipinski definition) is 6. The molecule has 2 aromatic heterocycles. The van der Waals surface area contributed by atoms with E-state index in [1.165, 1.54) is 15.6 Å². The first-order valence-corrected chi connectivity index (χ1v) is 12.8. The zero-order valence-corrected chi connectivity index (χ0v) is 19.2. The number of ketones is 1. The van der Waals surface area contributed by atoms with Crippen LogP contribution in [-0.4, -0.2) is 73.4 Å². The zero-order valence-electron chi connectivity index (χ0n) is 17.5. The molecule has 2 aromatic rings. The smallest absolute Gasteiger partial charge is 0.252 e. The molecule has 30 heavy (non-hydrogen) atoms. The van der Waals surface area contributed by atoms with Crippen molar-refractivity contribution in [2.45, 2.75) is 43.5 Å². The Kier molecular flexibility index (Phi) is 6.45. The average Bonchev–Trinajstić information content (AvgIpc) is 3.48. The molecule has 1 atom stereocenters. The predicted molar refractivity (Wildman–Crippen MR) is 117 cm³/mol. The molecule has 0 N–H and O–H groups in total. The first kappa shape index (κ1) is 21.7. The van der Waals surface area contributed by atoms with Crippen LogP contribution in [0.3, 0.4) is 0 Å². The maximum absolute atomic E-state index is 13.0. The standard InChI is InChI=1S/C21H29N3O4S2/c1-16-13-19(17(2)24(16)14-18-5-3-11-28-18)20(25)15-22-7-9-23(10-8-22)30(26,27)21-6-4-12-29-21/h4,6,12-13,18H,3,5,7-11,14-15H2,1-2H3. The van der Waals surface area contributed by atoms with Crippen LogP contribution in [0.1, 0.15) is 34.6 Å². The van der Waals surface area contributed by atoms with E-state index in [-0.39, 0.29) is 11.9 Å². The van der Waals surface area contributed by atoms with Crippen LogP contribution in [0.15, 0.2) is 27.8 Å². The van der Waals surface area contributed by atoms with Crippen LogP contribution in [0, 0.1) is 13.8 Å². The van der Waals surface area contributed by atoms with Gasteiger partial charge >= 0.3 is 0 Å². The van der Waals surface area contributed by atoms with E-state index in [1.54, 1.807) is 17.5 Å². The first-order chi connectivity index (χ1) is 14.4. The summed E-state index contributed by atoms with van der Waals surface area (Å²) >= 11 is 1.24. The number of ether oxygens (including phenoxy) is 1. The zero-order chi connectivity index (χ0) is 21.3. The number of aryl methyl sites for hydroxylation is 1. The Morgan fingerprint density at radius 3 is 2.63 bits per heavy atom. The minimum absolute atomic E-state index is 0.0938. The van der Waals surface area contributed by atoms with E-state index in [2.05, 4.69) is 9.47 Å². The van der Waals surface area contributed by atoms with E-state index in [4.69, 9.17) is 4.74 Å². The number of Topliss-reactive ketones (excluding diaryl/α,β-unsaturated/α-hetero) is 1. The van der Waals surface area contributed by atoms with Crippen molar-refractivity contribution in [3.63, 3.8) is 0 Å². The van der Waals surface area contributed by atoms with Crippen molar-refractivity contribution in [2.75, 3.05) is 39.3 Å². The van der Waals surface area contributed by atoms with Gasteiger partial charge in [-0.2, -0.15) is 4.31 Å². The molecule has 0 amide bonds. The molecule has 2 saturated heterocycles. The molecule has 1 unspecified atom stereocenters. The second-order valence-electron chi connectivity index (χ2n) is 8.07. The third kappa shape index (κ3) is 4.40. The number of sulfonamides is 1. The quantitative estimate of drug-likeness (QED) is 0.605. The second-order valence-corrected chi connectivity index (χ2v) is 11.2. The fourth-order valence-electron chi connectivity index (χ4n) is 4.31. The van der Waals surface area contributed by atoms with E-state index < -0.39 is 10.0 Å². The Morgan fingerprint density at radius 1 is 1.23 bits per heavy atom. The van der Waals surface area contributed by atoms with Crippen molar-refractivity contribution in [3.8, 4) is 0 Å². The lowest BCUT2D eigenvalue weighted by Crippen LogP contribution is -2.49. The van der Waals surface area contributed by atoms with E-state index in [0.29, 0.717) is 36.9 Å². The molecule has 7 nitrogen and oxygen atoms in total. The summed E-state index contributed by atoms with van der Waals surface area (Å²) in [7, 11) is -3.42. The molecule has 4 heterocycles. The summed E-state index contributed by atoms with van der Waals surface area (Å²) < 4.78 is 35.2. The van der Waals surface area contributed by atoms with Crippen LogP contribution in [0.25, 0.3) is 0 Å². The number of aromatic nitrogens is 1. The number of carbonyl (C=O) groups excluding carboxylic acids is 1. The van der Waals surface area contributed by atoms with Gasteiger partial charge in [0.15, 0.2) is 5.78 Å². The summed E-state index contributed by atoms with van der Waals surface area (Å²) in [5.74, 6) is 0.0938. The maximum Gasteiger partial charge on any atom is 0.252 e. The molecule has 0 saturated carbocycles. The fourth-order valence-corrected chi connectivity index (χ4v) is 6.88. The molecule has 0 spiro atoms. The summed E-state index contributed by atoms with van der Waals surface area (Å²) in [5, 5.41) is 1.77. The third-order valence-corrected chi connectivity index (χ3v) is 9.34. The summed E-state index contributed by atoms with van der Waals surface area (Å²) in [5.41, 5.74) is 2.84. The van der Waals surface area contributed by atoms with Crippen molar-refractivity contribution < 1.29 is 17.9 Å². The number of hydrogen-bond donors (Lipinski definition) is 0. The van der Waals surface area contributed by atoms with Crippen LogP contribution in [-0.2, 0) is 21.3 Å². The van der Waals surface area contributed by atoms with Gasteiger partial charge < -0.3 is 9.30 Å². The van der Waals surface area contributed by atoms with Crippen molar-refractivity contribution in [3.05, 3.63) is 40.5 Å². The van der Waals surface area contributed by atoms with Crippen LogP contribution in [0.4, 0.5) is 0 Å². The molecule has 164 valence electrons. The van der Waals surface area contributed by atoms with Gasteiger partial charge in [-0.1, -0.05) is 6.07 Å². The first-order valence-electron chi connectivity index (χ1n) is 10.4. The van der Waals surface area contributed by atoms with E-state index >= 15 is 0 Å². The summed E-state index contributed by atoms with van der Waals surface area (Å²) in [6.07, 6.45) is 2.40. The molecule has 9 heteroatoms. The van der Waals surface area contributed by atoms with Crippen molar-refractivity contribution in [1.82, 2.24) is 13.8 Å². The summed E-state index contributed by atoms with van der Waals surface area (Å²) in [6, 6.07) is 5.37. The largest absolute Gasteiger partial charge is 0.376 e. The molecule has 2 aliphatic heterocycles. The molecule has 2 aliphatic rings. The van der Waals surface area contributed by atoms with Crippen LogP contribution in [0.5, 0.6) is 0 Å². The summed E-state index contributed by atoms with van der Waals surface area (Å²) in [4.78, 5) is 15.0. The van der Waals surface area contributed by atoms with Gasteiger partial charge in [-0.05, 0) is 44.2 Å². The van der Waals surface area contributed by atoms with Gasteiger partial charge in [0.1, 0.15) is 4.21 Å². The third-order valence-electron chi connectivity index (χ3n) is 6.07. The van der Waals surface area contributed by atoms with Crippen LogP contribution >= 0.6 is 11.3 Å². The number of nitrogens with zero attached hydrogens (tertiary/aromatic N) is 3. The van der Waals surface area contributed by atoms with Gasteiger partial charge in [-0.3, -0.25) is 9.69 Å². The minimum atomic E-state index is -3.42. The normalized spacial score (nSPS) is 21.3. The van der Waals surface area contributed by atoms with Crippen LogP contribution in [0.2, 0.25) is 0 Å². The van der Waals surface area contributed by atoms with Gasteiger partial charge in [0.05, 0.1) is 12.6 Å². The minimum Gasteiger partial charge on any atom is -0.376 e. The molecule has 0 aliphatic carbocycles. The van der Waals surface area contributed by atoms with Gasteiger partial charge in [0.25, 0.3) is 10.0 Å². The Morgan fingerprint density at radius 2 is 2.00 bits per heavy atom. The monoisotopic (exact) mass is 451 g/mol. The highest BCUT2D eigenvalue weighted by atomic mass is 32.2. The number of carbonyl (C=O) groups is 1. The summed E-state index contributed by atoms with van der Waals surface area (Å²) in [6.45, 7) is 7.91. The Labute approximate surface area is 182 Å². The molecule has 0 bridgehead atoms. The lowest BCUT2D eigenvalue weighted by molar-refractivity contribution is 0.0896. The van der Waals surface area contributed by atoms with Crippen LogP contribution < -0.4 is 0 Å². The highest BCUT2D eigenvalue weighted by Gasteiger charge is 2.30. The molecule has 0 radical (unpaired) electrons. The predicted octanol–water partition coefficient (Wildman–Crippen LogP) is 2.53. The van der Waals surface area contributed by atoms with E-state index in [0.717, 1.165) is 42.9 Å². The Hall–Kier alpha value is -1.52. The Balaban J connectivity index is 1.36. The van der Waals surface area contributed by atoms with Crippen molar-refractivity contribution in [2.24, 2.45) is 0 Å². The maximum atomic E-state index is 13.0.